The number of amides is 1. The number of hydrogen-bond donors (Lipinski definition) is 1. The Balaban J connectivity index is 2.16. The number of anilines is 2. The van der Waals surface area contributed by atoms with Crippen LogP contribution in [0.5, 0.6) is 0 Å². The minimum atomic E-state index is -0.879. The van der Waals surface area contributed by atoms with Gasteiger partial charge >= 0.3 is 0 Å². The van der Waals surface area contributed by atoms with Gasteiger partial charge in [-0.25, -0.2) is 8.78 Å². The first-order chi connectivity index (χ1) is 10.9. The molecule has 0 heterocycles. The topological polar surface area (TPSA) is 32.3 Å². The maximum atomic E-state index is 13.6. The number of carbonyl (C=O) groups is 1. The summed E-state index contributed by atoms with van der Waals surface area (Å²) in [6, 6.07) is 10.9. The lowest BCUT2D eigenvalue weighted by molar-refractivity contribution is 0.101. The van der Waals surface area contributed by atoms with E-state index in [0.29, 0.717) is 11.7 Å². The molecule has 0 aromatic heterocycles. The molecular weight excluding hydrogens is 298 g/mol. The van der Waals surface area contributed by atoms with Crippen LogP contribution in [0.4, 0.5) is 20.2 Å². The fraction of sp³-hybridized carbons (Fsp3) is 0.278. The predicted molar refractivity (Wildman–Crippen MR) is 88.9 cm³/mol. The van der Waals surface area contributed by atoms with Gasteiger partial charge in [0, 0.05) is 24.0 Å². The highest BCUT2D eigenvalue weighted by molar-refractivity contribution is 6.04. The van der Waals surface area contributed by atoms with Crippen LogP contribution in [-0.2, 0) is 0 Å². The molecule has 1 amide bonds. The fourth-order valence-electron chi connectivity index (χ4n) is 2.49. The van der Waals surface area contributed by atoms with Crippen LogP contribution in [-0.4, -0.2) is 18.5 Å². The number of halogens is 2. The number of nitrogens with one attached hydrogen (secondary N) is 1. The second kappa shape index (κ2) is 7.22. The van der Waals surface area contributed by atoms with Gasteiger partial charge in [-0.1, -0.05) is 6.07 Å². The lowest BCUT2D eigenvalue weighted by Crippen LogP contribution is -2.30. The largest absolute Gasteiger partial charge is 0.369 e. The predicted octanol–water partition coefficient (Wildman–Crippen LogP) is 4.45. The van der Waals surface area contributed by atoms with Gasteiger partial charge in [-0.05, 0) is 57.2 Å². The van der Waals surface area contributed by atoms with E-state index in [1.807, 2.05) is 12.1 Å². The molecule has 0 unspecified atom stereocenters. The molecule has 0 fully saturated rings. The highest BCUT2D eigenvalue weighted by Crippen LogP contribution is 2.21. The van der Waals surface area contributed by atoms with Crippen LogP contribution >= 0.6 is 0 Å². The molecule has 122 valence electrons. The Hall–Kier alpha value is -2.43. The molecule has 0 bridgehead atoms. The molecule has 2 rings (SSSR count). The lowest BCUT2D eigenvalue weighted by atomic mass is 10.1. The van der Waals surface area contributed by atoms with Crippen molar-refractivity contribution in [2.75, 3.05) is 16.8 Å². The zero-order valence-corrected chi connectivity index (χ0v) is 13.4. The van der Waals surface area contributed by atoms with Gasteiger partial charge in [0.05, 0.1) is 0 Å². The third-order valence-corrected chi connectivity index (χ3v) is 3.61. The second-order valence-corrected chi connectivity index (χ2v) is 5.48. The Morgan fingerprint density at radius 1 is 1.09 bits per heavy atom. The van der Waals surface area contributed by atoms with Crippen molar-refractivity contribution in [1.29, 1.82) is 0 Å². The molecule has 2 aromatic rings. The van der Waals surface area contributed by atoms with Crippen molar-refractivity contribution in [3.05, 3.63) is 59.7 Å². The Morgan fingerprint density at radius 2 is 1.65 bits per heavy atom. The maximum Gasteiger partial charge on any atom is 0.261 e. The van der Waals surface area contributed by atoms with Crippen LogP contribution in [0.15, 0.2) is 42.5 Å². The molecule has 0 saturated carbocycles. The smallest absolute Gasteiger partial charge is 0.261 e. The van der Waals surface area contributed by atoms with Crippen molar-refractivity contribution in [3.8, 4) is 0 Å². The van der Waals surface area contributed by atoms with Crippen LogP contribution < -0.4 is 10.2 Å². The van der Waals surface area contributed by atoms with Crippen molar-refractivity contribution >= 4 is 17.3 Å². The normalized spacial score (nSPS) is 10.7. The molecular formula is C18H20F2N2O. The van der Waals surface area contributed by atoms with Gasteiger partial charge in [0.15, 0.2) is 0 Å². The molecule has 0 aliphatic carbocycles. The average molecular weight is 318 g/mol. The molecule has 2 aromatic carbocycles. The first-order valence-corrected chi connectivity index (χ1v) is 7.56. The van der Waals surface area contributed by atoms with Crippen molar-refractivity contribution in [1.82, 2.24) is 0 Å². The Morgan fingerprint density at radius 3 is 2.13 bits per heavy atom. The average Bonchev–Trinajstić information content (AvgIpc) is 2.49. The molecule has 3 nitrogen and oxygen atoms in total. The number of rotatable bonds is 5. The molecule has 0 saturated heterocycles. The molecule has 0 atom stereocenters. The quantitative estimate of drug-likeness (QED) is 0.883. The highest BCUT2D eigenvalue weighted by atomic mass is 19.1. The third kappa shape index (κ3) is 3.86. The molecule has 0 aliphatic rings. The monoisotopic (exact) mass is 318 g/mol. The summed E-state index contributed by atoms with van der Waals surface area (Å²) in [6.07, 6.45) is 0. The first-order valence-electron chi connectivity index (χ1n) is 7.56. The van der Waals surface area contributed by atoms with Crippen molar-refractivity contribution in [3.63, 3.8) is 0 Å². The maximum absolute atomic E-state index is 13.6. The summed E-state index contributed by atoms with van der Waals surface area (Å²) < 4.78 is 27.2. The van der Waals surface area contributed by atoms with Gasteiger partial charge < -0.3 is 10.2 Å². The van der Waals surface area contributed by atoms with E-state index in [9.17, 15) is 13.6 Å². The minimum absolute atomic E-state index is 0.355. The van der Waals surface area contributed by atoms with E-state index < -0.39 is 23.1 Å². The molecule has 1 N–H and O–H groups in total. The Labute approximate surface area is 134 Å². The van der Waals surface area contributed by atoms with Gasteiger partial charge in [0.25, 0.3) is 5.91 Å². The number of benzene rings is 2. The lowest BCUT2D eigenvalue weighted by Gasteiger charge is -2.27. The zero-order chi connectivity index (χ0) is 17.0. The number of carbonyl (C=O) groups excluding carboxylic acids is 1. The van der Waals surface area contributed by atoms with Gasteiger partial charge in [0.1, 0.15) is 17.2 Å². The minimum Gasteiger partial charge on any atom is -0.369 e. The molecule has 0 spiro atoms. The summed E-state index contributed by atoms with van der Waals surface area (Å²) in [7, 11) is 0. The Kier molecular flexibility index (Phi) is 5.32. The van der Waals surface area contributed by atoms with Crippen molar-refractivity contribution in [2.45, 2.75) is 26.8 Å². The van der Waals surface area contributed by atoms with Crippen LogP contribution in [0.3, 0.4) is 0 Å². The molecule has 5 heteroatoms. The summed E-state index contributed by atoms with van der Waals surface area (Å²) in [4.78, 5) is 14.2. The number of nitrogens with zero attached hydrogens (tertiary/aromatic N) is 1. The fourth-order valence-corrected chi connectivity index (χ4v) is 2.49. The molecule has 0 radical (unpaired) electrons. The molecule has 0 aliphatic heterocycles. The summed E-state index contributed by atoms with van der Waals surface area (Å²) in [5, 5.41) is 2.52. The van der Waals surface area contributed by atoms with E-state index in [4.69, 9.17) is 0 Å². The van der Waals surface area contributed by atoms with Gasteiger partial charge in [0.2, 0.25) is 0 Å². The van der Waals surface area contributed by atoms with E-state index in [-0.39, 0.29) is 0 Å². The molecule has 23 heavy (non-hydrogen) atoms. The van der Waals surface area contributed by atoms with E-state index in [2.05, 4.69) is 31.0 Å². The van der Waals surface area contributed by atoms with Crippen molar-refractivity contribution in [2.24, 2.45) is 0 Å². The van der Waals surface area contributed by atoms with E-state index in [0.717, 1.165) is 24.4 Å². The first kappa shape index (κ1) is 16.9. The number of hydrogen-bond acceptors (Lipinski definition) is 2. The third-order valence-electron chi connectivity index (χ3n) is 3.61. The van der Waals surface area contributed by atoms with Crippen LogP contribution in [0, 0.1) is 11.6 Å². The van der Waals surface area contributed by atoms with E-state index >= 15 is 0 Å². The van der Waals surface area contributed by atoms with Gasteiger partial charge in [-0.3, -0.25) is 4.79 Å². The summed E-state index contributed by atoms with van der Waals surface area (Å²) in [5.41, 5.74) is 0.938. The summed E-state index contributed by atoms with van der Waals surface area (Å²) in [5.74, 6) is -2.56. The standard InChI is InChI=1S/C18H20F2N2O/c1-4-22(12(2)3)14-10-8-13(9-11-14)21-18(23)17-15(19)6-5-7-16(17)20/h5-12H,4H2,1-3H3,(H,21,23). The second-order valence-electron chi connectivity index (χ2n) is 5.48. The van der Waals surface area contributed by atoms with E-state index in [1.165, 1.54) is 6.07 Å². The Bertz CT molecular complexity index is 664. The van der Waals surface area contributed by atoms with Crippen molar-refractivity contribution < 1.29 is 13.6 Å². The van der Waals surface area contributed by atoms with Crippen LogP contribution in [0.1, 0.15) is 31.1 Å². The highest BCUT2D eigenvalue weighted by Gasteiger charge is 2.17. The summed E-state index contributed by atoms with van der Waals surface area (Å²) in [6.45, 7) is 7.13. The van der Waals surface area contributed by atoms with E-state index in [1.54, 1.807) is 12.1 Å². The SMILES string of the molecule is CCN(c1ccc(NC(=O)c2c(F)cccc2F)cc1)C(C)C. The van der Waals surface area contributed by atoms with Crippen LogP contribution in [0.25, 0.3) is 0 Å². The van der Waals surface area contributed by atoms with Gasteiger partial charge in [-0.15, -0.1) is 0 Å². The summed E-state index contributed by atoms with van der Waals surface area (Å²) >= 11 is 0. The van der Waals surface area contributed by atoms with Crippen LogP contribution in [0.2, 0.25) is 0 Å². The zero-order valence-electron chi connectivity index (χ0n) is 13.4. The van der Waals surface area contributed by atoms with Gasteiger partial charge in [-0.2, -0.15) is 0 Å².